The quantitative estimate of drug-likeness (QED) is 0.663. The van der Waals surface area contributed by atoms with Crippen LogP contribution in [0.2, 0.25) is 0 Å². The molecule has 3 nitrogen and oxygen atoms in total. The first-order valence-electron chi connectivity index (χ1n) is 4.76. The number of rotatable bonds is 4. The summed E-state index contributed by atoms with van der Waals surface area (Å²) >= 11 is 0. The van der Waals surface area contributed by atoms with E-state index in [1.165, 1.54) is 0 Å². The van der Waals surface area contributed by atoms with Gasteiger partial charge in [0.1, 0.15) is 0 Å². The van der Waals surface area contributed by atoms with Crippen molar-refractivity contribution < 1.29 is 4.74 Å². The molecule has 1 heterocycles. The largest absolute Gasteiger partial charge is 0.381 e. The molecule has 1 aliphatic rings. The molecule has 3 heteroatoms. The van der Waals surface area contributed by atoms with E-state index in [-0.39, 0.29) is 6.04 Å². The monoisotopic (exact) mass is 172 g/mol. The van der Waals surface area contributed by atoms with Gasteiger partial charge >= 0.3 is 0 Å². The molecule has 0 saturated carbocycles. The number of hydrogen-bond donors (Lipinski definition) is 1. The smallest absolute Gasteiger partial charge is 0.0510 e. The highest BCUT2D eigenvalue weighted by atomic mass is 16.5. The van der Waals surface area contributed by atoms with Crippen LogP contribution in [0.25, 0.3) is 0 Å². The van der Waals surface area contributed by atoms with Crippen LogP contribution in [-0.4, -0.2) is 44.3 Å². The highest BCUT2D eigenvalue weighted by Gasteiger charge is 2.23. The Bertz CT molecular complexity index is 124. The van der Waals surface area contributed by atoms with Gasteiger partial charge in [-0.25, -0.2) is 0 Å². The Hall–Kier alpha value is -0.120. The molecule has 2 unspecified atom stereocenters. The lowest BCUT2D eigenvalue weighted by molar-refractivity contribution is 0.175. The molecule has 0 aromatic carbocycles. The number of ether oxygens (including phenoxy) is 1. The topological polar surface area (TPSA) is 38.5 Å². The van der Waals surface area contributed by atoms with Crippen LogP contribution < -0.4 is 5.73 Å². The van der Waals surface area contributed by atoms with Crippen molar-refractivity contribution in [2.75, 3.05) is 33.4 Å². The lowest BCUT2D eigenvalue weighted by atomic mass is 10.00. The maximum absolute atomic E-state index is 6.03. The molecular weight excluding hydrogens is 152 g/mol. The summed E-state index contributed by atoms with van der Waals surface area (Å²) in [7, 11) is 2.11. The summed E-state index contributed by atoms with van der Waals surface area (Å²) in [5, 5.41) is 0. The standard InChI is InChI=1S/C9H20N2O/c1-3-11(2)6-9(10)8-4-5-12-7-8/h8-9H,3-7,10H2,1-2H3. The van der Waals surface area contributed by atoms with Crippen molar-refractivity contribution in [3.63, 3.8) is 0 Å². The van der Waals surface area contributed by atoms with Gasteiger partial charge in [0, 0.05) is 25.1 Å². The van der Waals surface area contributed by atoms with Gasteiger partial charge < -0.3 is 15.4 Å². The van der Waals surface area contributed by atoms with E-state index < -0.39 is 0 Å². The van der Waals surface area contributed by atoms with Gasteiger partial charge in [0.2, 0.25) is 0 Å². The SMILES string of the molecule is CCN(C)CC(N)C1CCOC1. The van der Waals surface area contributed by atoms with Crippen LogP contribution in [-0.2, 0) is 4.74 Å². The van der Waals surface area contributed by atoms with E-state index >= 15 is 0 Å². The Labute approximate surface area is 74.9 Å². The van der Waals surface area contributed by atoms with E-state index in [1.54, 1.807) is 0 Å². The van der Waals surface area contributed by atoms with Gasteiger partial charge in [-0.05, 0) is 20.0 Å². The average molecular weight is 172 g/mol. The molecule has 0 radical (unpaired) electrons. The van der Waals surface area contributed by atoms with Crippen molar-refractivity contribution in [3.8, 4) is 0 Å². The van der Waals surface area contributed by atoms with Crippen LogP contribution in [0.1, 0.15) is 13.3 Å². The third kappa shape index (κ3) is 2.73. The van der Waals surface area contributed by atoms with Gasteiger partial charge in [-0.3, -0.25) is 0 Å². The molecule has 1 saturated heterocycles. The molecule has 12 heavy (non-hydrogen) atoms. The minimum atomic E-state index is 0.289. The first kappa shape index (κ1) is 9.96. The van der Waals surface area contributed by atoms with E-state index in [0.29, 0.717) is 5.92 Å². The summed E-state index contributed by atoms with van der Waals surface area (Å²) < 4.78 is 5.29. The third-order valence-corrected chi connectivity index (χ3v) is 2.63. The molecule has 0 aromatic heterocycles. The highest BCUT2D eigenvalue weighted by molar-refractivity contribution is 4.78. The molecule has 1 aliphatic heterocycles. The van der Waals surface area contributed by atoms with Gasteiger partial charge in [-0.15, -0.1) is 0 Å². The van der Waals surface area contributed by atoms with Crippen LogP contribution in [0.5, 0.6) is 0 Å². The van der Waals surface area contributed by atoms with E-state index in [4.69, 9.17) is 10.5 Å². The summed E-state index contributed by atoms with van der Waals surface area (Å²) in [5.41, 5.74) is 6.03. The van der Waals surface area contributed by atoms with E-state index in [0.717, 1.165) is 32.7 Å². The van der Waals surface area contributed by atoms with Gasteiger partial charge in [-0.1, -0.05) is 6.92 Å². The minimum absolute atomic E-state index is 0.289. The van der Waals surface area contributed by atoms with Crippen molar-refractivity contribution in [1.29, 1.82) is 0 Å². The van der Waals surface area contributed by atoms with Gasteiger partial charge in [0.15, 0.2) is 0 Å². The second-order valence-corrected chi connectivity index (χ2v) is 3.64. The van der Waals surface area contributed by atoms with Crippen molar-refractivity contribution in [2.24, 2.45) is 11.7 Å². The second kappa shape index (κ2) is 4.80. The van der Waals surface area contributed by atoms with Crippen molar-refractivity contribution in [1.82, 2.24) is 4.90 Å². The Morgan fingerprint density at radius 1 is 1.67 bits per heavy atom. The molecule has 0 amide bonds. The molecular formula is C9H20N2O. The molecule has 2 atom stereocenters. The van der Waals surface area contributed by atoms with Crippen molar-refractivity contribution in [3.05, 3.63) is 0 Å². The maximum Gasteiger partial charge on any atom is 0.0510 e. The average Bonchev–Trinajstić information content (AvgIpc) is 2.56. The zero-order valence-corrected chi connectivity index (χ0v) is 8.12. The molecule has 1 fully saturated rings. The molecule has 0 bridgehead atoms. The summed E-state index contributed by atoms with van der Waals surface area (Å²) in [4.78, 5) is 2.25. The first-order valence-corrected chi connectivity index (χ1v) is 4.76. The Morgan fingerprint density at radius 3 is 2.92 bits per heavy atom. The summed E-state index contributed by atoms with van der Waals surface area (Å²) in [6.45, 7) is 5.97. The second-order valence-electron chi connectivity index (χ2n) is 3.64. The van der Waals surface area contributed by atoms with Crippen LogP contribution in [0.3, 0.4) is 0 Å². The zero-order chi connectivity index (χ0) is 8.97. The number of nitrogens with zero attached hydrogens (tertiary/aromatic N) is 1. The van der Waals surface area contributed by atoms with Crippen LogP contribution in [0, 0.1) is 5.92 Å². The highest BCUT2D eigenvalue weighted by Crippen LogP contribution is 2.15. The lowest BCUT2D eigenvalue weighted by Crippen LogP contribution is -2.41. The Balaban J connectivity index is 2.21. The fraction of sp³-hybridized carbons (Fsp3) is 1.00. The molecule has 0 spiro atoms. The van der Waals surface area contributed by atoms with Crippen LogP contribution >= 0.6 is 0 Å². The predicted molar refractivity (Wildman–Crippen MR) is 50.1 cm³/mol. The van der Waals surface area contributed by atoms with E-state index in [2.05, 4.69) is 18.9 Å². The lowest BCUT2D eigenvalue weighted by Gasteiger charge is -2.23. The van der Waals surface area contributed by atoms with Gasteiger partial charge in [0.25, 0.3) is 0 Å². The molecule has 72 valence electrons. The van der Waals surface area contributed by atoms with E-state index in [1.807, 2.05) is 0 Å². The summed E-state index contributed by atoms with van der Waals surface area (Å²) in [6.07, 6.45) is 1.14. The number of likely N-dealkylation sites (N-methyl/N-ethyl adjacent to an activating group) is 1. The Kier molecular flexibility index (Phi) is 3.98. The number of nitrogens with two attached hydrogens (primary N) is 1. The molecule has 0 aromatic rings. The van der Waals surface area contributed by atoms with Gasteiger partial charge in [0.05, 0.1) is 6.61 Å². The van der Waals surface area contributed by atoms with Crippen LogP contribution in [0.15, 0.2) is 0 Å². The fourth-order valence-electron chi connectivity index (χ4n) is 1.53. The molecule has 1 rings (SSSR count). The number of hydrogen-bond acceptors (Lipinski definition) is 3. The van der Waals surface area contributed by atoms with E-state index in [9.17, 15) is 0 Å². The fourth-order valence-corrected chi connectivity index (χ4v) is 1.53. The minimum Gasteiger partial charge on any atom is -0.381 e. The molecule has 2 N–H and O–H groups in total. The predicted octanol–water partition coefficient (Wildman–Crippen LogP) is 0.302. The van der Waals surface area contributed by atoms with Gasteiger partial charge in [-0.2, -0.15) is 0 Å². The summed E-state index contributed by atoms with van der Waals surface area (Å²) in [5.74, 6) is 0.582. The Morgan fingerprint density at radius 2 is 2.42 bits per heavy atom. The zero-order valence-electron chi connectivity index (χ0n) is 8.12. The van der Waals surface area contributed by atoms with Crippen molar-refractivity contribution >= 4 is 0 Å². The van der Waals surface area contributed by atoms with Crippen molar-refractivity contribution in [2.45, 2.75) is 19.4 Å². The third-order valence-electron chi connectivity index (χ3n) is 2.63. The summed E-state index contributed by atoms with van der Waals surface area (Å²) in [6, 6.07) is 0.289. The molecule has 0 aliphatic carbocycles. The first-order chi connectivity index (χ1) is 5.74. The maximum atomic E-state index is 6.03. The van der Waals surface area contributed by atoms with Crippen LogP contribution in [0.4, 0.5) is 0 Å². The normalized spacial score (nSPS) is 26.5.